The molecule has 0 aromatic carbocycles. The van der Waals surface area contributed by atoms with E-state index >= 15 is 0 Å². The molecule has 0 N–H and O–H groups in total. The van der Waals surface area contributed by atoms with Gasteiger partial charge in [0.25, 0.3) is 0 Å². The summed E-state index contributed by atoms with van der Waals surface area (Å²) in [4.78, 5) is 2.48. The summed E-state index contributed by atoms with van der Waals surface area (Å²) in [5.74, 6) is 2.02. The van der Waals surface area contributed by atoms with E-state index in [1.54, 1.807) is 18.4 Å². The zero-order valence-electron chi connectivity index (χ0n) is 11.1. The lowest BCUT2D eigenvalue weighted by atomic mass is 10.3. The summed E-state index contributed by atoms with van der Waals surface area (Å²) in [6, 6.07) is 2.20. The van der Waals surface area contributed by atoms with Crippen LogP contribution in [-0.4, -0.2) is 39.9 Å². The number of fused-ring (bicyclic) bond motifs is 1. The highest BCUT2D eigenvalue weighted by Crippen LogP contribution is 2.14. The van der Waals surface area contributed by atoms with Gasteiger partial charge in [-0.05, 0) is 22.4 Å². The Morgan fingerprint density at radius 3 is 3.05 bits per heavy atom. The van der Waals surface area contributed by atoms with Gasteiger partial charge in [-0.1, -0.05) is 0 Å². The van der Waals surface area contributed by atoms with E-state index in [9.17, 15) is 0 Å². The lowest BCUT2D eigenvalue weighted by molar-refractivity contribution is 0.172. The monoisotopic (exact) mass is 278 g/mol. The molecule has 0 amide bonds. The van der Waals surface area contributed by atoms with E-state index < -0.39 is 0 Å². The fourth-order valence-electron chi connectivity index (χ4n) is 2.46. The van der Waals surface area contributed by atoms with Gasteiger partial charge in [-0.3, -0.25) is 4.90 Å². The lowest BCUT2D eigenvalue weighted by Gasteiger charge is -2.18. The van der Waals surface area contributed by atoms with Crippen molar-refractivity contribution in [3.8, 4) is 0 Å². The Labute approximate surface area is 116 Å². The molecule has 102 valence electrons. The number of aromatic nitrogens is 3. The maximum atomic E-state index is 5.17. The minimum atomic E-state index is 0.539. The highest BCUT2D eigenvalue weighted by molar-refractivity contribution is 7.07. The molecular weight excluding hydrogens is 260 g/mol. The first-order valence-corrected chi connectivity index (χ1v) is 7.44. The van der Waals surface area contributed by atoms with Crippen LogP contribution >= 0.6 is 11.3 Å². The van der Waals surface area contributed by atoms with Crippen LogP contribution in [0, 0.1) is 0 Å². The molecule has 0 radical (unpaired) electrons. The van der Waals surface area contributed by atoms with Gasteiger partial charge in [0.1, 0.15) is 12.4 Å². The maximum Gasteiger partial charge on any atom is 0.159 e. The van der Waals surface area contributed by atoms with Crippen molar-refractivity contribution in [1.82, 2.24) is 19.7 Å². The Morgan fingerprint density at radius 2 is 2.26 bits per heavy atom. The van der Waals surface area contributed by atoms with Crippen molar-refractivity contribution in [3.63, 3.8) is 0 Å². The van der Waals surface area contributed by atoms with Crippen molar-refractivity contribution in [2.24, 2.45) is 0 Å². The van der Waals surface area contributed by atoms with Crippen LogP contribution in [0.25, 0.3) is 0 Å². The molecule has 1 aliphatic rings. The fraction of sp³-hybridized carbons (Fsp3) is 0.538. The highest BCUT2D eigenvalue weighted by Gasteiger charge is 2.18. The molecule has 0 fully saturated rings. The summed E-state index contributed by atoms with van der Waals surface area (Å²) in [5, 5.41) is 12.8. The number of thiophene rings is 1. The molecule has 0 spiro atoms. The van der Waals surface area contributed by atoms with Gasteiger partial charge in [-0.2, -0.15) is 11.3 Å². The Balaban J connectivity index is 1.67. The molecule has 19 heavy (non-hydrogen) atoms. The van der Waals surface area contributed by atoms with Crippen LogP contribution in [0.3, 0.4) is 0 Å². The van der Waals surface area contributed by atoms with E-state index in [0.29, 0.717) is 6.61 Å². The molecule has 2 aromatic rings. The average molecular weight is 278 g/mol. The third kappa shape index (κ3) is 2.86. The van der Waals surface area contributed by atoms with Crippen molar-refractivity contribution >= 4 is 11.3 Å². The van der Waals surface area contributed by atoms with Crippen LogP contribution in [0.1, 0.15) is 17.2 Å². The van der Waals surface area contributed by atoms with E-state index in [1.165, 1.54) is 5.56 Å². The topological polar surface area (TPSA) is 43.2 Å². The number of nitrogens with zero attached hydrogens (tertiary/aromatic N) is 4. The first kappa shape index (κ1) is 12.8. The Kier molecular flexibility index (Phi) is 3.91. The number of hydrogen-bond donors (Lipinski definition) is 0. The number of hydrogen-bond acceptors (Lipinski definition) is 5. The van der Waals surface area contributed by atoms with Crippen molar-refractivity contribution < 1.29 is 4.74 Å². The molecule has 6 heteroatoms. The van der Waals surface area contributed by atoms with Crippen molar-refractivity contribution in [2.45, 2.75) is 26.1 Å². The first-order valence-electron chi connectivity index (χ1n) is 6.50. The molecule has 5 nitrogen and oxygen atoms in total. The summed E-state index contributed by atoms with van der Waals surface area (Å²) in [7, 11) is 1.70. The number of rotatable bonds is 4. The van der Waals surface area contributed by atoms with Crippen LogP contribution in [0.5, 0.6) is 0 Å². The quantitative estimate of drug-likeness (QED) is 0.851. The summed E-state index contributed by atoms with van der Waals surface area (Å²) < 4.78 is 7.38. The molecule has 0 saturated heterocycles. The van der Waals surface area contributed by atoms with Crippen LogP contribution in [0.15, 0.2) is 16.8 Å². The normalized spacial score (nSPS) is 16.3. The second-order valence-electron chi connectivity index (χ2n) is 4.77. The number of ether oxygens (including phenoxy) is 1. The Morgan fingerprint density at radius 1 is 1.32 bits per heavy atom. The van der Waals surface area contributed by atoms with Crippen molar-refractivity contribution in [2.75, 3.05) is 20.2 Å². The summed E-state index contributed by atoms with van der Waals surface area (Å²) >= 11 is 1.76. The summed E-state index contributed by atoms with van der Waals surface area (Å²) in [6.45, 7) is 4.60. The Hall–Kier alpha value is -1.24. The van der Waals surface area contributed by atoms with Gasteiger partial charge in [-0.15, -0.1) is 10.2 Å². The molecule has 0 unspecified atom stereocenters. The first-order chi connectivity index (χ1) is 9.36. The summed E-state index contributed by atoms with van der Waals surface area (Å²) in [6.07, 6.45) is 0.959. The van der Waals surface area contributed by atoms with Crippen molar-refractivity contribution in [1.29, 1.82) is 0 Å². The minimum Gasteiger partial charge on any atom is -0.377 e. The minimum absolute atomic E-state index is 0.539. The van der Waals surface area contributed by atoms with Gasteiger partial charge in [0.15, 0.2) is 5.82 Å². The van der Waals surface area contributed by atoms with Gasteiger partial charge in [0.2, 0.25) is 0 Å². The molecule has 2 aromatic heterocycles. The Bertz CT molecular complexity index is 523. The van der Waals surface area contributed by atoms with E-state index in [2.05, 4.69) is 36.5 Å². The smallest absolute Gasteiger partial charge is 0.159 e. The van der Waals surface area contributed by atoms with Crippen LogP contribution in [-0.2, 0) is 30.9 Å². The zero-order valence-corrected chi connectivity index (χ0v) is 11.9. The molecule has 1 aliphatic heterocycles. The van der Waals surface area contributed by atoms with Gasteiger partial charge in [0, 0.05) is 39.7 Å². The fourth-order valence-corrected chi connectivity index (χ4v) is 3.12. The van der Waals surface area contributed by atoms with Crippen LogP contribution in [0.2, 0.25) is 0 Å². The van der Waals surface area contributed by atoms with E-state index in [4.69, 9.17) is 4.74 Å². The van der Waals surface area contributed by atoms with Crippen LogP contribution < -0.4 is 0 Å². The predicted molar refractivity (Wildman–Crippen MR) is 74.0 cm³/mol. The number of methoxy groups -OCH3 is 1. The average Bonchev–Trinajstić information content (AvgIpc) is 2.99. The van der Waals surface area contributed by atoms with Gasteiger partial charge in [-0.25, -0.2) is 0 Å². The second kappa shape index (κ2) is 5.81. The third-order valence-corrected chi connectivity index (χ3v) is 4.19. The maximum absolute atomic E-state index is 5.17. The van der Waals surface area contributed by atoms with Crippen molar-refractivity contribution in [3.05, 3.63) is 34.0 Å². The molecule has 3 rings (SSSR count). The predicted octanol–water partition coefficient (Wildman–Crippen LogP) is 1.54. The molecule has 0 saturated carbocycles. The molecular formula is C13H18N4OS. The molecule has 0 bridgehead atoms. The standard InChI is InChI=1S/C13H18N4OS/c1-18-9-13-15-14-12-2-4-16(5-6-17(12)13)8-11-3-7-19-10-11/h3,7,10H,2,4-6,8-9H2,1H3. The van der Waals surface area contributed by atoms with E-state index in [-0.39, 0.29) is 0 Å². The zero-order chi connectivity index (χ0) is 13.1. The van der Waals surface area contributed by atoms with Gasteiger partial charge < -0.3 is 9.30 Å². The molecule has 0 aliphatic carbocycles. The molecule has 3 heterocycles. The van der Waals surface area contributed by atoms with Crippen LogP contribution in [0.4, 0.5) is 0 Å². The largest absolute Gasteiger partial charge is 0.377 e. The summed E-state index contributed by atoms with van der Waals surface area (Å²) in [5.41, 5.74) is 1.40. The lowest BCUT2D eigenvalue weighted by Crippen LogP contribution is -2.26. The molecule has 0 atom stereocenters. The second-order valence-corrected chi connectivity index (χ2v) is 5.55. The van der Waals surface area contributed by atoms with Gasteiger partial charge in [0.05, 0.1) is 0 Å². The van der Waals surface area contributed by atoms with Gasteiger partial charge >= 0.3 is 0 Å². The van der Waals surface area contributed by atoms with E-state index in [1.807, 2.05) is 0 Å². The highest BCUT2D eigenvalue weighted by atomic mass is 32.1. The van der Waals surface area contributed by atoms with E-state index in [0.717, 1.165) is 44.2 Å². The SMILES string of the molecule is COCc1nnc2n1CCN(Cc1ccsc1)CC2. The third-order valence-electron chi connectivity index (χ3n) is 3.46.